The van der Waals surface area contributed by atoms with Crippen LogP contribution in [0, 0.1) is 5.82 Å². The maximum atomic E-state index is 13.0. The Balaban J connectivity index is 2.88. The number of carboxylic acid groups (broad SMARTS) is 1. The average molecular weight is 180 g/mol. The van der Waals surface area contributed by atoms with Gasteiger partial charge in [0.05, 0.1) is 10.9 Å². The number of rotatable bonds is 1. The maximum Gasteiger partial charge on any atom is 0.355 e. The van der Waals surface area contributed by atoms with E-state index in [2.05, 4.69) is 9.97 Å². The summed E-state index contributed by atoms with van der Waals surface area (Å²) >= 11 is 0. The zero-order valence-electron chi connectivity index (χ0n) is 6.41. The first-order chi connectivity index (χ1) is 6.20. The smallest absolute Gasteiger partial charge is 0.355 e. The van der Waals surface area contributed by atoms with Crippen molar-refractivity contribution in [1.29, 1.82) is 0 Å². The number of hydrogen-bond acceptors (Lipinski definition) is 2. The Labute approximate surface area is 72.0 Å². The van der Waals surface area contributed by atoms with Gasteiger partial charge in [0.15, 0.2) is 11.5 Å². The Hall–Kier alpha value is -1.91. The normalized spacial score (nSPS) is 10.5. The minimum Gasteiger partial charge on any atom is -0.476 e. The molecule has 13 heavy (non-hydrogen) atoms. The van der Waals surface area contributed by atoms with Crippen LogP contribution in [0.4, 0.5) is 4.39 Å². The molecule has 2 aromatic heterocycles. The largest absolute Gasteiger partial charge is 0.476 e. The number of hydrogen-bond donors (Lipinski definition) is 2. The van der Waals surface area contributed by atoms with Gasteiger partial charge in [-0.15, -0.1) is 0 Å². The van der Waals surface area contributed by atoms with E-state index in [1.165, 1.54) is 12.3 Å². The molecule has 66 valence electrons. The van der Waals surface area contributed by atoms with Crippen LogP contribution in [0.15, 0.2) is 18.5 Å². The first-order valence-electron chi connectivity index (χ1n) is 3.55. The number of fused-ring (bicyclic) bond motifs is 1. The van der Waals surface area contributed by atoms with Crippen LogP contribution in [0.5, 0.6) is 0 Å². The molecular formula is C8H5FN2O2. The third-order valence-electron chi connectivity index (χ3n) is 1.75. The molecule has 2 rings (SSSR count). The average Bonchev–Trinajstić information content (AvgIpc) is 2.48. The number of H-pyrrole nitrogens is 1. The van der Waals surface area contributed by atoms with Crippen molar-refractivity contribution < 1.29 is 14.3 Å². The number of carbonyl (C=O) groups is 1. The van der Waals surface area contributed by atoms with Crippen molar-refractivity contribution in [1.82, 2.24) is 9.97 Å². The van der Waals surface area contributed by atoms with E-state index >= 15 is 0 Å². The zero-order chi connectivity index (χ0) is 9.42. The van der Waals surface area contributed by atoms with Crippen LogP contribution in [0.25, 0.3) is 10.9 Å². The zero-order valence-corrected chi connectivity index (χ0v) is 6.41. The molecule has 0 amide bonds. The third kappa shape index (κ3) is 1.05. The molecule has 0 saturated carbocycles. The molecule has 0 unspecified atom stereocenters. The summed E-state index contributed by atoms with van der Waals surface area (Å²) in [6.07, 6.45) is 2.43. The summed E-state index contributed by atoms with van der Waals surface area (Å²) in [4.78, 5) is 16.8. The standard InChI is InChI=1S/C8H5FN2O2/c9-4-3-11-5-1-2-10-7(6(4)5)8(12)13/h1-3,11H,(H,12,13). The van der Waals surface area contributed by atoms with Crippen LogP contribution in [0.3, 0.4) is 0 Å². The molecule has 2 heterocycles. The molecule has 0 bridgehead atoms. The lowest BCUT2D eigenvalue weighted by atomic mass is 10.2. The number of aromatic amines is 1. The summed E-state index contributed by atoms with van der Waals surface area (Å²) in [5, 5.41) is 8.71. The molecule has 0 radical (unpaired) electrons. The summed E-state index contributed by atoms with van der Waals surface area (Å²) in [5.41, 5.74) is 0.168. The van der Waals surface area contributed by atoms with E-state index in [1.807, 2.05) is 0 Å². The first-order valence-corrected chi connectivity index (χ1v) is 3.55. The van der Waals surface area contributed by atoms with Crippen molar-refractivity contribution in [3.8, 4) is 0 Å². The molecular weight excluding hydrogens is 175 g/mol. The van der Waals surface area contributed by atoms with Crippen molar-refractivity contribution in [2.24, 2.45) is 0 Å². The van der Waals surface area contributed by atoms with E-state index in [0.717, 1.165) is 6.20 Å². The number of nitrogens with zero attached hydrogens (tertiary/aromatic N) is 1. The predicted octanol–water partition coefficient (Wildman–Crippen LogP) is 1.40. The van der Waals surface area contributed by atoms with E-state index in [0.29, 0.717) is 5.52 Å². The van der Waals surface area contributed by atoms with Gasteiger partial charge < -0.3 is 10.1 Å². The number of pyridine rings is 1. The molecule has 0 fully saturated rings. The maximum absolute atomic E-state index is 13.0. The number of aromatic carboxylic acids is 1. The van der Waals surface area contributed by atoms with Gasteiger partial charge in [-0.3, -0.25) is 0 Å². The number of carboxylic acids is 1. The Bertz CT molecular complexity index is 478. The van der Waals surface area contributed by atoms with Crippen molar-refractivity contribution in [2.45, 2.75) is 0 Å². The second-order valence-corrected chi connectivity index (χ2v) is 2.52. The van der Waals surface area contributed by atoms with E-state index < -0.39 is 11.8 Å². The summed E-state index contributed by atoms with van der Waals surface area (Å²) in [5.74, 6) is -1.83. The Kier molecular flexibility index (Phi) is 1.51. The minimum atomic E-state index is -1.23. The number of aromatic nitrogens is 2. The Morgan fingerprint density at radius 1 is 1.62 bits per heavy atom. The van der Waals surface area contributed by atoms with Crippen LogP contribution >= 0.6 is 0 Å². The third-order valence-corrected chi connectivity index (χ3v) is 1.75. The van der Waals surface area contributed by atoms with Crippen molar-refractivity contribution in [3.63, 3.8) is 0 Å². The molecule has 4 nitrogen and oxygen atoms in total. The molecule has 0 aromatic carbocycles. The highest BCUT2D eigenvalue weighted by Gasteiger charge is 2.14. The van der Waals surface area contributed by atoms with Gasteiger partial charge in [0.2, 0.25) is 0 Å². The van der Waals surface area contributed by atoms with Gasteiger partial charge in [-0.1, -0.05) is 0 Å². The molecule has 0 spiro atoms. The molecule has 0 aliphatic carbocycles. The number of halogens is 1. The van der Waals surface area contributed by atoms with Gasteiger partial charge in [0.1, 0.15) is 0 Å². The summed E-state index contributed by atoms with van der Waals surface area (Å²) < 4.78 is 13.0. The van der Waals surface area contributed by atoms with E-state index in [-0.39, 0.29) is 11.1 Å². The van der Waals surface area contributed by atoms with Crippen LogP contribution in [-0.4, -0.2) is 21.0 Å². The fourth-order valence-corrected chi connectivity index (χ4v) is 1.20. The fourth-order valence-electron chi connectivity index (χ4n) is 1.20. The molecule has 5 heteroatoms. The van der Waals surface area contributed by atoms with Crippen molar-refractivity contribution >= 4 is 16.9 Å². The highest BCUT2D eigenvalue weighted by Crippen LogP contribution is 2.18. The highest BCUT2D eigenvalue weighted by atomic mass is 19.1. The van der Waals surface area contributed by atoms with Crippen LogP contribution in [0.2, 0.25) is 0 Å². The van der Waals surface area contributed by atoms with Crippen LogP contribution in [-0.2, 0) is 0 Å². The predicted molar refractivity (Wildman–Crippen MR) is 43.0 cm³/mol. The summed E-state index contributed by atoms with van der Waals surface area (Å²) in [6.45, 7) is 0. The lowest BCUT2D eigenvalue weighted by Gasteiger charge is -1.94. The second kappa shape index (κ2) is 2.55. The second-order valence-electron chi connectivity index (χ2n) is 2.52. The lowest BCUT2D eigenvalue weighted by Crippen LogP contribution is -2.00. The van der Waals surface area contributed by atoms with E-state index in [4.69, 9.17) is 5.11 Å². The lowest BCUT2D eigenvalue weighted by molar-refractivity contribution is 0.0692. The first kappa shape index (κ1) is 7.72. The minimum absolute atomic E-state index is 0.0231. The van der Waals surface area contributed by atoms with Crippen LogP contribution in [0.1, 0.15) is 10.5 Å². The van der Waals surface area contributed by atoms with Gasteiger partial charge in [-0.25, -0.2) is 14.2 Å². The fraction of sp³-hybridized carbons (Fsp3) is 0. The molecule has 2 N–H and O–H groups in total. The van der Waals surface area contributed by atoms with E-state index in [9.17, 15) is 9.18 Å². The van der Waals surface area contributed by atoms with Crippen LogP contribution < -0.4 is 0 Å². The molecule has 0 aliphatic rings. The van der Waals surface area contributed by atoms with Gasteiger partial charge in [0, 0.05) is 12.4 Å². The molecule has 0 atom stereocenters. The summed E-state index contributed by atoms with van der Waals surface area (Å²) in [7, 11) is 0. The SMILES string of the molecule is O=C(O)c1nccc2[nH]cc(F)c12. The van der Waals surface area contributed by atoms with Gasteiger partial charge in [-0.2, -0.15) is 0 Å². The topological polar surface area (TPSA) is 66.0 Å². The quantitative estimate of drug-likeness (QED) is 0.697. The van der Waals surface area contributed by atoms with Gasteiger partial charge >= 0.3 is 5.97 Å². The Morgan fingerprint density at radius 2 is 2.38 bits per heavy atom. The molecule has 2 aromatic rings. The van der Waals surface area contributed by atoms with Crippen molar-refractivity contribution in [2.75, 3.05) is 0 Å². The van der Waals surface area contributed by atoms with E-state index in [1.54, 1.807) is 0 Å². The molecule has 0 saturated heterocycles. The molecule has 0 aliphatic heterocycles. The Morgan fingerprint density at radius 3 is 3.08 bits per heavy atom. The monoisotopic (exact) mass is 180 g/mol. The summed E-state index contributed by atoms with van der Waals surface area (Å²) in [6, 6.07) is 1.52. The number of nitrogens with one attached hydrogen (secondary N) is 1. The van der Waals surface area contributed by atoms with Gasteiger partial charge in [0.25, 0.3) is 0 Å². The van der Waals surface area contributed by atoms with Crippen molar-refractivity contribution in [3.05, 3.63) is 30.0 Å². The van der Waals surface area contributed by atoms with Gasteiger partial charge in [-0.05, 0) is 6.07 Å². The highest BCUT2D eigenvalue weighted by molar-refractivity contribution is 6.00.